The number of aliphatic hydroxyl groups excluding tert-OH is 1. The van der Waals surface area contributed by atoms with Gasteiger partial charge in [-0.3, -0.25) is 0 Å². The summed E-state index contributed by atoms with van der Waals surface area (Å²) in [5.41, 5.74) is 2.13. The smallest absolute Gasteiger partial charge is 0.0733 e. The van der Waals surface area contributed by atoms with Crippen LogP contribution >= 0.6 is 0 Å². The van der Waals surface area contributed by atoms with Crippen LogP contribution in [0.15, 0.2) is 24.3 Å². The van der Waals surface area contributed by atoms with Crippen molar-refractivity contribution in [2.75, 3.05) is 19.0 Å². The maximum Gasteiger partial charge on any atom is 0.0733 e. The Morgan fingerprint density at radius 3 is 2.79 bits per heavy atom. The Hall–Kier alpha value is -1.06. The lowest BCUT2D eigenvalue weighted by Gasteiger charge is -2.12. The Balaban J connectivity index is 2.64. The van der Waals surface area contributed by atoms with Gasteiger partial charge in [0.2, 0.25) is 0 Å². The van der Waals surface area contributed by atoms with Crippen molar-refractivity contribution in [1.29, 1.82) is 0 Å². The summed E-state index contributed by atoms with van der Waals surface area (Å²) in [5, 5.41) is 12.3. The Kier molecular flexibility index (Phi) is 4.43. The van der Waals surface area contributed by atoms with Crippen LogP contribution in [0.25, 0.3) is 0 Å². The number of methoxy groups -OCH3 is 1. The number of hydrogen-bond acceptors (Lipinski definition) is 3. The molecule has 2 N–H and O–H groups in total. The largest absolute Gasteiger partial charge is 0.392 e. The average Bonchev–Trinajstić information content (AvgIpc) is 2.17. The zero-order valence-corrected chi connectivity index (χ0v) is 8.66. The molecule has 14 heavy (non-hydrogen) atoms. The summed E-state index contributed by atoms with van der Waals surface area (Å²) >= 11 is 0. The number of ether oxygens (including phenoxy) is 1. The van der Waals surface area contributed by atoms with E-state index < -0.39 is 0 Å². The van der Waals surface area contributed by atoms with Gasteiger partial charge in [-0.2, -0.15) is 0 Å². The topological polar surface area (TPSA) is 41.5 Å². The van der Waals surface area contributed by atoms with Crippen LogP contribution in [0.1, 0.15) is 12.5 Å². The SMILES string of the molecule is COCc1ccccc1NCC(C)O. The van der Waals surface area contributed by atoms with Gasteiger partial charge < -0.3 is 15.2 Å². The number of nitrogens with one attached hydrogen (secondary N) is 1. The fraction of sp³-hybridized carbons (Fsp3) is 0.455. The number of benzene rings is 1. The predicted molar refractivity (Wildman–Crippen MR) is 57.3 cm³/mol. The van der Waals surface area contributed by atoms with Gasteiger partial charge in [-0.05, 0) is 13.0 Å². The van der Waals surface area contributed by atoms with Crippen molar-refractivity contribution in [2.45, 2.75) is 19.6 Å². The predicted octanol–water partition coefficient (Wildman–Crippen LogP) is 1.63. The van der Waals surface area contributed by atoms with Crippen LogP contribution in [0.4, 0.5) is 5.69 Å². The fourth-order valence-corrected chi connectivity index (χ4v) is 1.23. The minimum Gasteiger partial charge on any atom is -0.392 e. The summed E-state index contributed by atoms with van der Waals surface area (Å²) in [6.07, 6.45) is -0.342. The minimum absolute atomic E-state index is 0.342. The molecule has 1 unspecified atom stereocenters. The van der Waals surface area contributed by atoms with Crippen molar-refractivity contribution in [2.24, 2.45) is 0 Å². The summed E-state index contributed by atoms with van der Waals surface area (Å²) in [4.78, 5) is 0. The highest BCUT2D eigenvalue weighted by molar-refractivity contribution is 5.50. The molecule has 0 spiro atoms. The van der Waals surface area contributed by atoms with Crippen LogP contribution < -0.4 is 5.32 Å². The van der Waals surface area contributed by atoms with Crippen molar-refractivity contribution < 1.29 is 9.84 Å². The van der Waals surface area contributed by atoms with Crippen molar-refractivity contribution >= 4 is 5.69 Å². The first-order valence-corrected chi connectivity index (χ1v) is 4.73. The lowest BCUT2D eigenvalue weighted by molar-refractivity contribution is 0.185. The van der Waals surface area contributed by atoms with Gasteiger partial charge in [0.05, 0.1) is 12.7 Å². The van der Waals surface area contributed by atoms with Gasteiger partial charge in [0, 0.05) is 24.9 Å². The Bertz CT molecular complexity index is 274. The van der Waals surface area contributed by atoms with E-state index >= 15 is 0 Å². The lowest BCUT2D eigenvalue weighted by atomic mass is 10.2. The highest BCUT2D eigenvalue weighted by atomic mass is 16.5. The molecule has 0 aliphatic heterocycles. The molecule has 3 nitrogen and oxygen atoms in total. The molecule has 1 atom stereocenters. The summed E-state index contributed by atoms with van der Waals surface area (Å²) in [7, 11) is 1.67. The molecule has 0 fully saturated rings. The molecule has 1 aromatic carbocycles. The van der Waals surface area contributed by atoms with Crippen LogP contribution in [0.2, 0.25) is 0 Å². The summed E-state index contributed by atoms with van der Waals surface area (Å²) in [6, 6.07) is 7.93. The fourth-order valence-electron chi connectivity index (χ4n) is 1.23. The second kappa shape index (κ2) is 5.62. The normalized spacial score (nSPS) is 12.5. The second-order valence-corrected chi connectivity index (χ2v) is 3.32. The second-order valence-electron chi connectivity index (χ2n) is 3.32. The number of para-hydroxylation sites is 1. The van der Waals surface area contributed by atoms with E-state index in [0.29, 0.717) is 13.2 Å². The molecule has 0 aliphatic rings. The summed E-state index contributed by atoms with van der Waals surface area (Å²) in [6.45, 7) is 2.90. The first kappa shape index (κ1) is 11.0. The molecule has 1 aromatic rings. The maximum absolute atomic E-state index is 9.14. The van der Waals surface area contributed by atoms with Crippen molar-refractivity contribution in [3.05, 3.63) is 29.8 Å². The van der Waals surface area contributed by atoms with E-state index in [2.05, 4.69) is 5.32 Å². The Morgan fingerprint density at radius 1 is 1.43 bits per heavy atom. The van der Waals surface area contributed by atoms with Crippen LogP contribution in [-0.4, -0.2) is 24.9 Å². The molecule has 0 amide bonds. The van der Waals surface area contributed by atoms with Gasteiger partial charge in [-0.15, -0.1) is 0 Å². The van der Waals surface area contributed by atoms with Gasteiger partial charge in [0.15, 0.2) is 0 Å². The van der Waals surface area contributed by atoms with Gasteiger partial charge in [0.25, 0.3) is 0 Å². The first-order chi connectivity index (χ1) is 6.74. The van der Waals surface area contributed by atoms with Crippen molar-refractivity contribution in [3.63, 3.8) is 0 Å². The summed E-state index contributed by atoms with van der Waals surface area (Å²) < 4.78 is 5.07. The quantitative estimate of drug-likeness (QED) is 0.750. The highest BCUT2D eigenvalue weighted by Crippen LogP contribution is 2.15. The molecule has 0 radical (unpaired) electrons. The van der Waals surface area contributed by atoms with E-state index in [9.17, 15) is 0 Å². The molecule has 0 saturated carbocycles. The van der Waals surface area contributed by atoms with E-state index in [1.54, 1.807) is 14.0 Å². The zero-order chi connectivity index (χ0) is 10.4. The molecular weight excluding hydrogens is 178 g/mol. The number of hydrogen-bond donors (Lipinski definition) is 2. The average molecular weight is 195 g/mol. The molecule has 0 bridgehead atoms. The van der Waals surface area contributed by atoms with Gasteiger partial charge in [-0.25, -0.2) is 0 Å². The maximum atomic E-state index is 9.14. The van der Waals surface area contributed by atoms with E-state index in [0.717, 1.165) is 11.3 Å². The Labute approximate surface area is 84.7 Å². The molecule has 1 rings (SSSR count). The molecular formula is C11H17NO2. The van der Waals surface area contributed by atoms with Crippen LogP contribution in [0, 0.1) is 0 Å². The van der Waals surface area contributed by atoms with Crippen molar-refractivity contribution in [1.82, 2.24) is 0 Å². The first-order valence-electron chi connectivity index (χ1n) is 4.73. The minimum atomic E-state index is -0.342. The van der Waals surface area contributed by atoms with Gasteiger partial charge >= 0.3 is 0 Å². The van der Waals surface area contributed by atoms with Gasteiger partial charge in [0.1, 0.15) is 0 Å². The third kappa shape index (κ3) is 3.36. The third-order valence-corrected chi connectivity index (χ3v) is 1.91. The molecule has 3 heteroatoms. The lowest BCUT2D eigenvalue weighted by Crippen LogP contribution is -2.16. The van der Waals surface area contributed by atoms with Gasteiger partial charge in [-0.1, -0.05) is 18.2 Å². The molecule has 0 aromatic heterocycles. The molecule has 0 saturated heterocycles. The molecule has 0 heterocycles. The Morgan fingerprint density at radius 2 is 2.14 bits per heavy atom. The monoisotopic (exact) mass is 195 g/mol. The van der Waals surface area contributed by atoms with Crippen molar-refractivity contribution in [3.8, 4) is 0 Å². The molecule has 0 aliphatic carbocycles. The molecule has 78 valence electrons. The zero-order valence-electron chi connectivity index (χ0n) is 8.66. The summed E-state index contributed by atoms with van der Waals surface area (Å²) in [5.74, 6) is 0. The number of rotatable bonds is 5. The number of aliphatic hydroxyl groups is 1. The highest BCUT2D eigenvalue weighted by Gasteiger charge is 2.01. The van der Waals surface area contributed by atoms with Crippen LogP contribution in [0.3, 0.4) is 0 Å². The van der Waals surface area contributed by atoms with E-state index in [1.165, 1.54) is 0 Å². The van der Waals surface area contributed by atoms with E-state index in [4.69, 9.17) is 9.84 Å². The van der Waals surface area contributed by atoms with E-state index in [-0.39, 0.29) is 6.10 Å². The van der Waals surface area contributed by atoms with Crippen LogP contribution in [-0.2, 0) is 11.3 Å². The standard InChI is InChI=1S/C11H17NO2/c1-9(13)7-12-11-6-4-3-5-10(11)8-14-2/h3-6,9,12-13H,7-8H2,1-2H3. The number of anilines is 1. The van der Waals surface area contributed by atoms with Crippen LogP contribution in [0.5, 0.6) is 0 Å². The third-order valence-electron chi connectivity index (χ3n) is 1.91. The van der Waals surface area contributed by atoms with E-state index in [1.807, 2.05) is 24.3 Å².